The molecule has 7 heteroatoms. The van der Waals surface area contributed by atoms with E-state index < -0.39 is 0 Å². The van der Waals surface area contributed by atoms with E-state index >= 15 is 0 Å². The SMILES string of the molecule is CCCNC(=O)c1ccccc1NC(=S)NC(=O)c1cccc(I)c1. The number of hydrogen-bond acceptors (Lipinski definition) is 3. The van der Waals surface area contributed by atoms with Gasteiger partial charge in [-0.1, -0.05) is 25.1 Å². The normalized spacial score (nSPS) is 10.0. The van der Waals surface area contributed by atoms with Crippen LogP contribution in [-0.4, -0.2) is 23.5 Å². The number of carbonyl (C=O) groups is 2. The van der Waals surface area contributed by atoms with E-state index in [1.54, 1.807) is 42.5 Å². The van der Waals surface area contributed by atoms with E-state index in [9.17, 15) is 9.59 Å². The van der Waals surface area contributed by atoms with Gasteiger partial charge in [0.25, 0.3) is 11.8 Å². The summed E-state index contributed by atoms with van der Waals surface area (Å²) in [6.45, 7) is 2.58. The Balaban J connectivity index is 2.05. The molecule has 2 aromatic carbocycles. The molecule has 0 atom stereocenters. The Labute approximate surface area is 165 Å². The van der Waals surface area contributed by atoms with Crippen molar-refractivity contribution < 1.29 is 9.59 Å². The molecule has 130 valence electrons. The van der Waals surface area contributed by atoms with E-state index in [4.69, 9.17) is 12.2 Å². The highest BCUT2D eigenvalue weighted by molar-refractivity contribution is 14.1. The molecular weight excluding hydrogens is 449 g/mol. The van der Waals surface area contributed by atoms with E-state index in [2.05, 4.69) is 38.5 Å². The molecule has 2 amide bonds. The monoisotopic (exact) mass is 467 g/mol. The van der Waals surface area contributed by atoms with Crippen LogP contribution in [0.4, 0.5) is 5.69 Å². The zero-order chi connectivity index (χ0) is 18.2. The summed E-state index contributed by atoms with van der Waals surface area (Å²) in [5, 5.41) is 8.51. The van der Waals surface area contributed by atoms with Gasteiger partial charge in [0.2, 0.25) is 0 Å². The molecule has 0 unspecified atom stereocenters. The summed E-state index contributed by atoms with van der Waals surface area (Å²) in [5.41, 5.74) is 1.54. The van der Waals surface area contributed by atoms with Crippen molar-refractivity contribution in [3.05, 3.63) is 63.2 Å². The van der Waals surface area contributed by atoms with Crippen molar-refractivity contribution >= 4 is 57.4 Å². The van der Waals surface area contributed by atoms with Crippen molar-refractivity contribution in [1.29, 1.82) is 0 Å². The third-order valence-electron chi connectivity index (χ3n) is 3.27. The number of thiocarbonyl (C=S) groups is 1. The van der Waals surface area contributed by atoms with E-state index in [-0.39, 0.29) is 16.9 Å². The lowest BCUT2D eigenvalue weighted by atomic mass is 10.1. The minimum absolute atomic E-state index is 0.139. The molecule has 0 saturated heterocycles. The van der Waals surface area contributed by atoms with Gasteiger partial charge in [-0.3, -0.25) is 14.9 Å². The highest BCUT2D eigenvalue weighted by atomic mass is 127. The van der Waals surface area contributed by atoms with Crippen LogP contribution in [0.15, 0.2) is 48.5 Å². The summed E-state index contributed by atoms with van der Waals surface area (Å²) in [7, 11) is 0. The first-order valence-electron chi connectivity index (χ1n) is 7.76. The molecule has 0 aliphatic heterocycles. The van der Waals surface area contributed by atoms with E-state index in [0.717, 1.165) is 9.99 Å². The molecule has 0 heterocycles. The molecule has 0 saturated carbocycles. The van der Waals surface area contributed by atoms with Gasteiger partial charge in [0.1, 0.15) is 0 Å². The van der Waals surface area contributed by atoms with Gasteiger partial charge in [-0.2, -0.15) is 0 Å². The van der Waals surface area contributed by atoms with Gasteiger partial charge >= 0.3 is 0 Å². The Morgan fingerprint density at radius 3 is 2.56 bits per heavy atom. The summed E-state index contributed by atoms with van der Waals surface area (Å²) in [5.74, 6) is -0.486. The third-order valence-corrected chi connectivity index (χ3v) is 4.14. The van der Waals surface area contributed by atoms with Gasteiger partial charge in [0.05, 0.1) is 11.3 Å². The second-order valence-corrected chi connectivity index (χ2v) is 6.87. The number of para-hydroxylation sites is 1. The number of halogens is 1. The molecule has 0 aliphatic carbocycles. The molecule has 2 rings (SSSR count). The number of carbonyl (C=O) groups excluding carboxylic acids is 2. The fraction of sp³-hybridized carbons (Fsp3) is 0.167. The predicted molar refractivity (Wildman–Crippen MR) is 112 cm³/mol. The first-order valence-corrected chi connectivity index (χ1v) is 9.25. The molecule has 3 N–H and O–H groups in total. The lowest BCUT2D eigenvalue weighted by molar-refractivity contribution is 0.0952. The van der Waals surface area contributed by atoms with Gasteiger partial charge in [0.15, 0.2) is 5.11 Å². The van der Waals surface area contributed by atoms with Crippen LogP contribution in [0.25, 0.3) is 0 Å². The molecule has 0 bridgehead atoms. The van der Waals surface area contributed by atoms with E-state index in [0.29, 0.717) is 23.4 Å². The summed E-state index contributed by atoms with van der Waals surface area (Å²) in [4.78, 5) is 24.4. The summed E-state index contributed by atoms with van der Waals surface area (Å²) >= 11 is 7.34. The fourth-order valence-electron chi connectivity index (χ4n) is 2.08. The van der Waals surface area contributed by atoms with Gasteiger partial charge in [0, 0.05) is 15.7 Å². The summed E-state index contributed by atoms with van der Waals surface area (Å²) < 4.78 is 0.960. The first-order chi connectivity index (χ1) is 12.0. The highest BCUT2D eigenvalue weighted by Gasteiger charge is 2.13. The van der Waals surface area contributed by atoms with E-state index in [1.807, 2.05) is 13.0 Å². The lowest BCUT2D eigenvalue weighted by Crippen LogP contribution is -2.35. The summed E-state index contributed by atoms with van der Waals surface area (Å²) in [6, 6.07) is 14.2. The summed E-state index contributed by atoms with van der Waals surface area (Å²) in [6.07, 6.45) is 0.853. The lowest BCUT2D eigenvalue weighted by Gasteiger charge is -2.13. The minimum atomic E-state index is -0.302. The number of hydrogen-bond donors (Lipinski definition) is 3. The van der Waals surface area contributed by atoms with Crippen molar-refractivity contribution in [3.8, 4) is 0 Å². The van der Waals surface area contributed by atoms with Crippen LogP contribution in [0.2, 0.25) is 0 Å². The fourth-order valence-corrected chi connectivity index (χ4v) is 2.83. The molecule has 0 fully saturated rings. The maximum absolute atomic E-state index is 12.2. The van der Waals surface area contributed by atoms with Crippen LogP contribution in [0.1, 0.15) is 34.1 Å². The quantitative estimate of drug-likeness (QED) is 0.465. The Morgan fingerprint density at radius 1 is 1.08 bits per heavy atom. The van der Waals surface area contributed by atoms with Gasteiger partial charge in [-0.05, 0) is 71.6 Å². The number of amides is 2. The average Bonchev–Trinajstić information content (AvgIpc) is 2.60. The first kappa shape index (κ1) is 19.3. The molecule has 0 radical (unpaired) electrons. The molecule has 0 aliphatic rings. The van der Waals surface area contributed by atoms with Crippen LogP contribution >= 0.6 is 34.8 Å². The third kappa shape index (κ3) is 5.79. The second-order valence-electron chi connectivity index (χ2n) is 5.22. The Morgan fingerprint density at radius 2 is 1.84 bits per heavy atom. The van der Waals surface area contributed by atoms with Gasteiger partial charge < -0.3 is 10.6 Å². The van der Waals surface area contributed by atoms with Crippen LogP contribution in [-0.2, 0) is 0 Å². The van der Waals surface area contributed by atoms with Crippen molar-refractivity contribution in [2.75, 3.05) is 11.9 Å². The maximum atomic E-state index is 12.2. The average molecular weight is 467 g/mol. The van der Waals surface area contributed by atoms with Crippen LogP contribution in [0.5, 0.6) is 0 Å². The molecule has 25 heavy (non-hydrogen) atoms. The smallest absolute Gasteiger partial charge is 0.257 e. The Hall–Kier alpha value is -2.00. The maximum Gasteiger partial charge on any atom is 0.257 e. The topological polar surface area (TPSA) is 70.2 Å². The number of rotatable bonds is 5. The number of nitrogens with one attached hydrogen (secondary N) is 3. The number of anilines is 1. The van der Waals surface area contributed by atoms with Crippen molar-refractivity contribution in [2.24, 2.45) is 0 Å². The van der Waals surface area contributed by atoms with Crippen LogP contribution in [0.3, 0.4) is 0 Å². The molecule has 0 spiro atoms. The zero-order valence-corrected chi connectivity index (χ0v) is 16.6. The molecular formula is C18H18IN3O2S. The molecule has 2 aromatic rings. The Bertz CT molecular complexity index is 795. The van der Waals surface area contributed by atoms with Crippen molar-refractivity contribution in [2.45, 2.75) is 13.3 Å². The van der Waals surface area contributed by atoms with E-state index in [1.165, 1.54) is 0 Å². The predicted octanol–water partition coefficient (Wildman–Crippen LogP) is 3.56. The largest absolute Gasteiger partial charge is 0.352 e. The van der Waals surface area contributed by atoms with Crippen LogP contribution in [0, 0.1) is 3.57 Å². The van der Waals surface area contributed by atoms with Crippen LogP contribution < -0.4 is 16.0 Å². The van der Waals surface area contributed by atoms with Crippen molar-refractivity contribution in [3.63, 3.8) is 0 Å². The standard InChI is InChI=1S/C18H18IN3O2S/c1-2-10-20-17(24)14-8-3-4-9-15(14)21-18(25)22-16(23)12-6-5-7-13(19)11-12/h3-9,11H,2,10H2,1H3,(H,20,24)(H2,21,22,23,25). The van der Waals surface area contributed by atoms with Crippen molar-refractivity contribution in [1.82, 2.24) is 10.6 Å². The van der Waals surface area contributed by atoms with Gasteiger partial charge in [-0.25, -0.2) is 0 Å². The Kier molecular flexibility index (Phi) is 7.32. The zero-order valence-electron chi connectivity index (χ0n) is 13.6. The minimum Gasteiger partial charge on any atom is -0.352 e. The highest BCUT2D eigenvalue weighted by Crippen LogP contribution is 2.15. The van der Waals surface area contributed by atoms with Gasteiger partial charge in [-0.15, -0.1) is 0 Å². The molecule has 0 aromatic heterocycles. The second kappa shape index (κ2) is 9.47. The molecule has 5 nitrogen and oxygen atoms in total. The number of benzene rings is 2.